The number of nitrogens with one attached hydrogen (secondary N) is 2. The maximum Gasteiger partial charge on any atom is 0.258 e. The molecule has 1 aromatic heterocycles. The number of unbranched alkanes of at least 4 members (excludes halogenated alkanes) is 2. The number of hydrogen-bond acceptors (Lipinski definition) is 4. The zero-order chi connectivity index (χ0) is 14.8. The zero-order valence-corrected chi connectivity index (χ0v) is 13.2. The van der Waals surface area contributed by atoms with Crippen molar-refractivity contribution in [2.75, 3.05) is 13.1 Å². The highest BCUT2D eigenvalue weighted by Crippen LogP contribution is 2.07. The quantitative estimate of drug-likeness (QED) is 0.649. The van der Waals surface area contributed by atoms with E-state index in [1.807, 2.05) is 0 Å². The van der Waals surface area contributed by atoms with Crippen LogP contribution in [0.1, 0.15) is 45.1 Å². The highest BCUT2D eigenvalue weighted by atomic mass is 32.2. The van der Waals surface area contributed by atoms with Crippen LogP contribution in [0.3, 0.4) is 0 Å². The minimum Gasteiger partial charge on any atom is -0.313 e. The van der Waals surface area contributed by atoms with Gasteiger partial charge < -0.3 is 5.32 Å². The lowest BCUT2D eigenvalue weighted by atomic mass is 10.3. The summed E-state index contributed by atoms with van der Waals surface area (Å²) in [6, 6.07) is 3.36. The molecule has 0 aliphatic rings. The smallest absolute Gasteiger partial charge is 0.258 e. The van der Waals surface area contributed by atoms with Crippen molar-refractivity contribution >= 4 is 10.0 Å². The van der Waals surface area contributed by atoms with Crippen molar-refractivity contribution in [3.05, 3.63) is 23.9 Å². The van der Waals surface area contributed by atoms with E-state index >= 15 is 0 Å². The molecule has 0 saturated carbocycles. The topological polar surface area (TPSA) is 71.1 Å². The van der Waals surface area contributed by atoms with E-state index in [2.05, 4.69) is 28.9 Å². The lowest BCUT2D eigenvalue weighted by Crippen LogP contribution is -2.25. The van der Waals surface area contributed by atoms with Crippen LogP contribution in [-0.4, -0.2) is 26.5 Å². The first-order valence-electron chi connectivity index (χ1n) is 7.25. The maximum absolute atomic E-state index is 12.0. The number of aromatic nitrogens is 1. The number of nitrogens with zero attached hydrogens (tertiary/aromatic N) is 1. The molecule has 0 aliphatic carbocycles. The number of pyridine rings is 1. The van der Waals surface area contributed by atoms with Crippen molar-refractivity contribution in [2.45, 2.75) is 51.1 Å². The molecule has 1 rings (SSSR count). The van der Waals surface area contributed by atoms with Gasteiger partial charge in [0.2, 0.25) is 0 Å². The van der Waals surface area contributed by atoms with Crippen LogP contribution in [0.2, 0.25) is 0 Å². The molecule has 114 valence electrons. The second-order valence-electron chi connectivity index (χ2n) is 4.79. The first-order chi connectivity index (χ1) is 9.60. The second kappa shape index (κ2) is 9.05. The fourth-order valence-electron chi connectivity index (χ4n) is 1.74. The Morgan fingerprint density at radius 3 is 2.50 bits per heavy atom. The predicted octanol–water partition coefficient (Wildman–Crippen LogP) is 2.05. The van der Waals surface area contributed by atoms with Gasteiger partial charge in [-0.15, -0.1) is 0 Å². The monoisotopic (exact) mass is 299 g/mol. The van der Waals surface area contributed by atoms with Gasteiger partial charge in [-0.1, -0.05) is 32.8 Å². The van der Waals surface area contributed by atoms with E-state index in [9.17, 15) is 8.42 Å². The fraction of sp³-hybridized carbons (Fsp3) is 0.643. The molecule has 0 amide bonds. The van der Waals surface area contributed by atoms with E-state index < -0.39 is 10.0 Å². The zero-order valence-electron chi connectivity index (χ0n) is 12.4. The van der Waals surface area contributed by atoms with Crippen molar-refractivity contribution in [1.29, 1.82) is 0 Å². The summed E-state index contributed by atoms with van der Waals surface area (Å²) in [5.74, 6) is 0. The molecule has 2 N–H and O–H groups in total. The van der Waals surface area contributed by atoms with Gasteiger partial charge in [0.1, 0.15) is 0 Å². The standard InChI is InChI=1S/C14H25N3O2S/c1-3-5-6-10-17-20(18,19)14-8-7-13(12-16-14)11-15-9-4-2/h7-8,12,15,17H,3-6,9-11H2,1-2H3. The molecular weight excluding hydrogens is 274 g/mol. The van der Waals surface area contributed by atoms with Gasteiger partial charge in [0, 0.05) is 19.3 Å². The molecule has 1 aromatic rings. The average Bonchev–Trinajstić information content (AvgIpc) is 2.45. The largest absolute Gasteiger partial charge is 0.313 e. The Hall–Kier alpha value is -0.980. The highest BCUT2D eigenvalue weighted by molar-refractivity contribution is 7.89. The van der Waals surface area contributed by atoms with Crippen molar-refractivity contribution in [3.8, 4) is 0 Å². The van der Waals surface area contributed by atoms with Crippen LogP contribution >= 0.6 is 0 Å². The first-order valence-corrected chi connectivity index (χ1v) is 8.73. The summed E-state index contributed by atoms with van der Waals surface area (Å²) in [7, 11) is -3.46. The lowest BCUT2D eigenvalue weighted by molar-refractivity contribution is 0.572. The first kappa shape index (κ1) is 17.1. The molecular formula is C14H25N3O2S. The molecule has 6 heteroatoms. The summed E-state index contributed by atoms with van der Waals surface area (Å²) in [5, 5.41) is 3.34. The Balaban J connectivity index is 2.53. The fourth-order valence-corrected chi connectivity index (χ4v) is 2.74. The van der Waals surface area contributed by atoms with Gasteiger partial charge in [-0.2, -0.15) is 0 Å². The lowest BCUT2D eigenvalue weighted by Gasteiger charge is -2.07. The van der Waals surface area contributed by atoms with Crippen molar-refractivity contribution < 1.29 is 8.42 Å². The van der Waals surface area contributed by atoms with E-state index in [1.165, 1.54) is 0 Å². The van der Waals surface area contributed by atoms with E-state index in [1.54, 1.807) is 18.3 Å². The Bertz CT molecular complexity index is 472. The van der Waals surface area contributed by atoms with Crippen LogP contribution in [0.4, 0.5) is 0 Å². The van der Waals surface area contributed by atoms with Crippen LogP contribution in [0.5, 0.6) is 0 Å². The molecule has 1 heterocycles. The molecule has 0 bridgehead atoms. The number of rotatable bonds is 10. The Morgan fingerprint density at radius 2 is 1.90 bits per heavy atom. The van der Waals surface area contributed by atoms with Crippen molar-refractivity contribution in [3.63, 3.8) is 0 Å². The van der Waals surface area contributed by atoms with Crippen LogP contribution in [-0.2, 0) is 16.6 Å². The summed E-state index contributed by atoms with van der Waals surface area (Å²) < 4.78 is 26.5. The van der Waals surface area contributed by atoms with Crippen LogP contribution < -0.4 is 10.0 Å². The van der Waals surface area contributed by atoms with Gasteiger partial charge in [0.05, 0.1) is 0 Å². The third-order valence-electron chi connectivity index (χ3n) is 2.90. The van der Waals surface area contributed by atoms with Gasteiger partial charge in [0.15, 0.2) is 5.03 Å². The van der Waals surface area contributed by atoms with Crippen molar-refractivity contribution in [2.24, 2.45) is 0 Å². The molecule has 0 unspecified atom stereocenters. The maximum atomic E-state index is 12.0. The van der Waals surface area contributed by atoms with E-state index in [-0.39, 0.29) is 5.03 Å². The summed E-state index contributed by atoms with van der Waals surface area (Å²) in [6.45, 7) is 6.31. The molecule has 0 atom stereocenters. The van der Waals surface area contributed by atoms with Gasteiger partial charge >= 0.3 is 0 Å². The minimum atomic E-state index is -3.46. The Morgan fingerprint density at radius 1 is 1.10 bits per heavy atom. The Labute approximate surface area is 122 Å². The normalized spacial score (nSPS) is 11.7. The van der Waals surface area contributed by atoms with Crippen molar-refractivity contribution in [1.82, 2.24) is 15.0 Å². The van der Waals surface area contributed by atoms with E-state index in [0.717, 1.165) is 37.8 Å². The van der Waals surface area contributed by atoms with Crippen LogP contribution in [0.15, 0.2) is 23.4 Å². The number of sulfonamides is 1. The van der Waals surface area contributed by atoms with Crippen LogP contribution in [0, 0.1) is 0 Å². The summed E-state index contributed by atoms with van der Waals surface area (Å²) in [5.41, 5.74) is 0.989. The molecule has 0 aromatic carbocycles. The van der Waals surface area contributed by atoms with Gasteiger partial charge in [-0.25, -0.2) is 18.1 Å². The number of hydrogen-bond donors (Lipinski definition) is 2. The van der Waals surface area contributed by atoms with Gasteiger partial charge in [0.25, 0.3) is 10.0 Å². The second-order valence-corrected chi connectivity index (χ2v) is 6.50. The molecule has 5 nitrogen and oxygen atoms in total. The summed E-state index contributed by atoms with van der Waals surface area (Å²) in [6.07, 6.45) is 5.64. The molecule has 20 heavy (non-hydrogen) atoms. The molecule has 0 aliphatic heterocycles. The van der Waals surface area contributed by atoms with Gasteiger partial charge in [-0.3, -0.25) is 0 Å². The Kier molecular flexibility index (Phi) is 7.72. The third-order valence-corrected chi connectivity index (χ3v) is 4.28. The molecule has 0 fully saturated rings. The minimum absolute atomic E-state index is 0.0910. The van der Waals surface area contributed by atoms with E-state index in [0.29, 0.717) is 13.1 Å². The average molecular weight is 299 g/mol. The summed E-state index contributed by atoms with van der Waals surface area (Å²) >= 11 is 0. The third kappa shape index (κ3) is 5.98. The summed E-state index contributed by atoms with van der Waals surface area (Å²) in [4.78, 5) is 4.04. The molecule has 0 spiro atoms. The molecule has 0 radical (unpaired) electrons. The van der Waals surface area contributed by atoms with Crippen LogP contribution in [0.25, 0.3) is 0 Å². The van der Waals surface area contributed by atoms with Gasteiger partial charge in [-0.05, 0) is 31.0 Å². The SMILES string of the molecule is CCCCCNS(=O)(=O)c1ccc(CNCCC)cn1. The van der Waals surface area contributed by atoms with E-state index in [4.69, 9.17) is 0 Å². The molecule has 0 saturated heterocycles. The highest BCUT2D eigenvalue weighted by Gasteiger charge is 2.14. The predicted molar refractivity (Wildman–Crippen MR) is 80.9 cm³/mol.